The van der Waals surface area contributed by atoms with Crippen molar-refractivity contribution >= 4 is 52.1 Å². The Kier molecular flexibility index (Phi) is 8.19. The molecule has 0 radical (unpaired) electrons. The normalized spacial score (nSPS) is 10.2. The number of amides is 2. The van der Waals surface area contributed by atoms with Crippen LogP contribution in [0.5, 0.6) is 5.75 Å². The summed E-state index contributed by atoms with van der Waals surface area (Å²) in [4.78, 5) is 24.7. The number of rotatable bonds is 7. The highest BCUT2D eigenvalue weighted by Crippen LogP contribution is 2.17. The minimum absolute atomic E-state index is 0.164. The number of benzene rings is 3. The van der Waals surface area contributed by atoms with Gasteiger partial charge < -0.3 is 15.4 Å². The van der Waals surface area contributed by atoms with Crippen LogP contribution < -0.4 is 20.7 Å². The molecule has 0 heterocycles. The van der Waals surface area contributed by atoms with Gasteiger partial charge in [-0.15, -0.1) is 0 Å². The van der Waals surface area contributed by atoms with Gasteiger partial charge in [-0.3, -0.25) is 14.9 Å². The first-order chi connectivity index (χ1) is 15.4. The molecule has 0 saturated heterocycles. The SMILES string of the molecule is CCCOc1ccc(C(=O)NC(=S)Nc2ccc(NC(=O)c3cccc(Cl)c3)cc2)cc1. The third kappa shape index (κ3) is 6.80. The van der Waals surface area contributed by atoms with Crippen LogP contribution in [0.3, 0.4) is 0 Å². The van der Waals surface area contributed by atoms with Crippen LogP contribution in [0.2, 0.25) is 5.02 Å². The van der Waals surface area contributed by atoms with Crippen LogP contribution in [-0.4, -0.2) is 23.5 Å². The number of halogens is 1. The van der Waals surface area contributed by atoms with E-state index < -0.39 is 0 Å². The molecule has 0 aromatic heterocycles. The van der Waals surface area contributed by atoms with Crippen LogP contribution in [0.25, 0.3) is 0 Å². The summed E-state index contributed by atoms with van der Waals surface area (Å²) in [5.41, 5.74) is 2.21. The van der Waals surface area contributed by atoms with Gasteiger partial charge in [-0.25, -0.2) is 0 Å². The summed E-state index contributed by atoms with van der Waals surface area (Å²) in [5.74, 6) is 0.128. The molecule has 0 atom stereocenters. The molecule has 3 rings (SSSR count). The molecular formula is C24H22ClN3O3S. The standard InChI is InChI=1S/C24H22ClN3O3S/c1-2-14-31-21-12-6-16(7-13-21)22(29)28-24(32)27-20-10-8-19(9-11-20)26-23(30)17-4-3-5-18(25)15-17/h3-13,15H,2,14H2,1H3,(H,26,30)(H2,27,28,29,32). The molecule has 0 saturated carbocycles. The quantitative estimate of drug-likeness (QED) is 0.399. The number of hydrogen-bond acceptors (Lipinski definition) is 4. The van der Waals surface area contributed by atoms with Crippen LogP contribution in [0.1, 0.15) is 34.1 Å². The molecule has 3 aromatic carbocycles. The average molecular weight is 468 g/mol. The lowest BCUT2D eigenvalue weighted by molar-refractivity contribution is 0.0976. The molecule has 32 heavy (non-hydrogen) atoms. The zero-order valence-corrected chi connectivity index (χ0v) is 18.9. The number of carbonyl (C=O) groups is 2. The number of nitrogens with one attached hydrogen (secondary N) is 3. The summed E-state index contributed by atoms with van der Waals surface area (Å²) in [6.07, 6.45) is 0.914. The lowest BCUT2D eigenvalue weighted by Gasteiger charge is -2.11. The Balaban J connectivity index is 1.51. The Hall–Kier alpha value is -3.42. The van der Waals surface area contributed by atoms with E-state index in [2.05, 4.69) is 16.0 Å². The second-order valence-electron chi connectivity index (χ2n) is 6.82. The Labute approximate surface area is 196 Å². The van der Waals surface area contributed by atoms with E-state index in [0.29, 0.717) is 39.9 Å². The molecule has 0 bridgehead atoms. The fourth-order valence-electron chi connectivity index (χ4n) is 2.73. The van der Waals surface area contributed by atoms with Crippen molar-refractivity contribution in [2.24, 2.45) is 0 Å². The van der Waals surface area contributed by atoms with Crippen molar-refractivity contribution in [3.8, 4) is 5.75 Å². The molecule has 0 fully saturated rings. The van der Waals surface area contributed by atoms with Gasteiger partial charge in [-0.05, 0) is 85.4 Å². The first kappa shape index (κ1) is 23.2. The highest BCUT2D eigenvalue weighted by molar-refractivity contribution is 7.80. The maximum absolute atomic E-state index is 12.4. The topological polar surface area (TPSA) is 79.5 Å². The van der Waals surface area contributed by atoms with Gasteiger partial charge in [0.05, 0.1) is 6.61 Å². The van der Waals surface area contributed by atoms with Crippen LogP contribution in [0.4, 0.5) is 11.4 Å². The molecular weight excluding hydrogens is 446 g/mol. The van der Waals surface area contributed by atoms with Crippen molar-refractivity contribution < 1.29 is 14.3 Å². The van der Waals surface area contributed by atoms with Crippen LogP contribution in [-0.2, 0) is 0 Å². The minimum atomic E-state index is -0.324. The van der Waals surface area contributed by atoms with Crippen molar-refractivity contribution in [2.45, 2.75) is 13.3 Å². The Morgan fingerprint density at radius 1 is 0.875 bits per heavy atom. The molecule has 6 nitrogen and oxygen atoms in total. The second-order valence-corrected chi connectivity index (χ2v) is 7.67. The third-order valence-corrected chi connectivity index (χ3v) is 4.74. The van der Waals surface area contributed by atoms with E-state index in [9.17, 15) is 9.59 Å². The van der Waals surface area contributed by atoms with E-state index in [0.717, 1.165) is 6.42 Å². The fraction of sp³-hybridized carbons (Fsp3) is 0.125. The van der Waals surface area contributed by atoms with Crippen molar-refractivity contribution in [3.05, 3.63) is 88.9 Å². The predicted octanol–water partition coefficient (Wildman–Crippen LogP) is 5.51. The van der Waals surface area contributed by atoms with Gasteiger partial charge in [-0.2, -0.15) is 0 Å². The van der Waals surface area contributed by atoms with Crippen LogP contribution >= 0.6 is 23.8 Å². The molecule has 0 aliphatic heterocycles. The molecule has 8 heteroatoms. The summed E-state index contributed by atoms with van der Waals surface area (Å²) < 4.78 is 5.51. The third-order valence-electron chi connectivity index (χ3n) is 4.30. The number of ether oxygens (including phenoxy) is 1. The number of thiocarbonyl (C=S) groups is 1. The average Bonchev–Trinajstić information content (AvgIpc) is 2.79. The summed E-state index contributed by atoms with van der Waals surface area (Å²) >= 11 is 11.1. The summed E-state index contributed by atoms with van der Waals surface area (Å²) in [7, 11) is 0. The van der Waals surface area contributed by atoms with E-state index in [1.807, 2.05) is 6.92 Å². The van der Waals surface area contributed by atoms with Gasteiger partial charge in [0.1, 0.15) is 5.75 Å². The molecule has 0 aliphatic rings. The second kappa shape index (κ2) is 11.3. The zero-order valence-electron chi connectivity index (χ0n) is 17.4. The zero-order chi connectivity index (χ0) is 22.9. The smallest absolute Gasteiger partial charge is 0.257 e. The van der Waals surface area contributed by atoms with Gasteiger partial charge in [0.15, 0.2) is 5.11 Å². The van der Waals surface area contributed by atoms with E-state index in [4.69, 9.17) is 28.6 Å². The molecule has 0 aliphatic carbocycles. The summed E-state index contributed by atoms with van der Waals surface area (Å²) in [5, 5.41) is 9.04. The van der Waals surface area contributed by atoms with E-state index in [1.165, 1.54) is 0 Å². The van der Waals surface area contributed by atoms with Crippen LogP contribution in [0.15, 0.2) is 72.8 Å². The fourth-order valence-corrected chi connectivity index (χ4v) is 3.13. The van der Waals surface area contributed by atoms with Crippen molar-refractivity contribution in [3.63, 3.8) is 0 Å². The van der Waals surface area contributed by atoms with Gasteiger partial charge in [-0.1, -0.05) is 24.6 Å². The number of hydrogen-bond donors (Lipinski definition) is 3. The van der Waals surface area contributed by atoms with Gasteiger partial charge >= 0.3 is 0 Å². The monoisotopic (exact) mass is 467 g/mol. The van der Waals surface area contributed by atoms with E-state index in [1.54, 1.807) is 72.8 Å². The summed E-state index contributed by atoms with van der Waals surface area (Å²) in [6.45, 7) is 2.66. The molecule has 0 spiro atoms. The van der Waals surface area contributed by atoms with Gasteiger partial charge in [0, 0.05) is 27.5 Å². The minimum Gasteiger partial charge on any atom is -0.494 e. The maximum atomic E-state index is 12.4. The van der Waals surface area contributed by atoms with E-state index >= 15 is 0 Å². The largest absolute Gasteiger partial charge is 0.494 e. The molecule has 164 valence electrons. The Bertz CT molecular complexity index is 1100. The van der Waals surface area contributed by atoms with Crippen molar-refractivity contribution in [1.82, 2.24) is 5.32 Å². The van der Waals surface area contributed by atoms with Crippen LogP contribution in [0, 0.1) is 0 Å². The lowest BCUT2D eigenvalue weighted by atomic mass is 10.2. The van der Waals surface area contributed by atoms with Gasteiger partial charge in [0.25, 0.3) is 11.8 Å². The highest BCUT2D eigenvalue weighted by atomic mass is 35.5. The maximum Gasteiger partial charge on any atom is 0.257 e. The Morgan fingerprint density at radius 3 is 2.16 bits per heavy atom. The van der Waals surface area contributed by atoms with Crippen molar-refractivity contribution in [1.29, 1.82) is 0 Å². The number of carbonyl (C=O) groups excluding carboxylic acids is 2. The first-order valence-corrected chi connectivity index (χ1v) is 10.8. The lowest BCUT2D eigenvalue weighted by Crippen LogP contribution is -2.34. The predicted molar refractivity (Wildman–Crippen MR) is 132 cm³/mol. The van der Waals surface area contributed by atoms with Gasteiger partial charge in [0.2, 0.25) is 0 Å². The first-order valence-electron chi connectivity index (χ1n) is 9.97. The van der Waals surface area contributed by atoms with E-state index in [-0.39, 0.29) is 16.9 Å². The summed E-state index contributed by atoms with van der Waals surface area (Å²) in [6, 6.07) is 20.5. The molecule has 3 aromatic rings. The molecule has 0 unspecified atom stereocenters. The van der Waals surface area contributed by atoms with Crippen molar-refractivity contribution in [2.75, 3.05) is 17.2 Å². The molecule has 2 amide bonds. The Morgan fingerprint density at radius 2 is 1.53 bits per heavy atom. The number of anilines is 2. The highest BCUT2D eigenvalue weighted by Gasteiger charge is 2.09. The molecule has 3 N–H and O–H groups in total.